The number of hydrogen-bond donors (Lipinski definition) is 2. The van der Waals surface area contributed by atoms with Gasteiger partial charge in [0.15, 0.2) is 0 Å². The highest BCUT2D eigenvalue weighted by Crippen LogP contribution is 2.24. The summed E-state index contributed by atoms with van der Waals surface area (Å²) in [7, 11) is 1.54. The zero-order chi connectivity index (χ0) is 16.2. The van der Waals surface area contributed by atoms with Crippen molar-refractivity contribution in [3.05, 3.63) is 59.9 Å². The second-order valence-electron chi connectivity index (χ2n) is 5.41. The Morgan fingerprint density at radius 3 is 2.36 bits per heavy atom. The quantitative estimate of drug-likeness (QED) is 0.900. The van der Waals surface area contributed by atoms with Crippen molar-refractivity contribution < 1.29 is 13.9 Å². The van der Waals surface area contributed by atoms with Crippen LogP contribution in [0.1, 0.15) is 19.4 Å². The average molecular weight is 302 g/mol. The summed E-state index contributed by atoms with van der Waals surface area (Å²) in [5.74, 6) is 0.273. The predicted octanol–water partition coefficient (Wildman–Crippen LogP) is 3.89. The number of carbonyl (C=O) groups excluding carboxylic acids is 1. The van der Waals surface area contributed by atoms with Gasteiger partial charge in [-0.1, -0.05) is 24.3 Å². The van der Waals surface area contributed by atoms with E-state index in [0.29, 0.717) is 11.4 Å². The number of halogens is 1. The molecule has 0 fully saturated rings. The number of methoxy groups -OCH3 is 1. The van der Waals surface area contributed by atoms with Gasteiger partial charge in [0.05, 0.1) is 18.3 Å². The molecule has 0 aliphatic heterocycles. The Hall–Kier alpha value is -2.56. The summed E-state index contributed by atoms with van der Waals surface area (Å²) in [5.41, 5.74) is 0.751. The number of benzene rings is 2. The summed E-state index contributed by atoms with van der Waals surface area (Å²) in [4.78, 5) is 12.2. The van der Waals surface area contributed by atoms with Crippen molar-refractivity contribution in [1.29, 1.82) is 0 Å². The molecule has 0 spiro atoms. The number of nitrogens with one attached hydrogen (secondary N) is 2. The molecule has 2 aromatic carbocycles. The van der Waals surface area contributed by atoms with Crippen molar-refractivity contribution in [2.75, 3.05) is 12.4 Å². The summed E-state index contributed by atoms with van der Waals surface area (Å²) >= 11 is 0. The molecule has 0 aromatic heterocycles. The van der Waals surface area contributed by atoms with Crippen molar-refractivity contribution in [3.63, 3.8) is 0 Å². The fourth-order valence-corrected chi connectivity index (χ4v) is 2.12. The molecule has 0 radical (unpaired) electrons. The van der Waals surface area contributed by atoms with Crippen LogP contribution in [0.15, 0.2) is 48.5 Å². The van der Waals surface area contributed by atoms with E-state index >= 15 is 0 Å². The highest BCUT2D eigenvalue weighted by Gasteiger charge is 2.23. The molecule has 0 saturated heterocycles. The van der Waals surface area contributed by atoms with Gasteiger partial charge in [0.1, 0.15) is 11.6 Å². The lowest BCUT2D eigenvalue weighted by molar-refractivity contribution is 0.241. The molecule has 2 amide bonds. The van der Waals surface area contributed by atoms with Crippen LogP contribution in [0.2, 0.25) is 0 Å². The average Bonchev–Trinajstić information content (AvgIpc) is 2.47. The third-order valence-corrected chi connectivity index (χ3v) is 3.35. The number of urea groups is 1. The lowest BCUT2D eigenvalue weighted by atomic mass is 9.94. The van der Waals surface area contributed by atoms with E-state index in [1.165, 1.54) is 12.1 Å². The molecule has 5 heteroatoms. The van der Waals surface area contributed by atoms with Crippen molar-refractivity contribution in [2.45, 2.75) is 19.4 Å². The van der Waals surface area contributed by atoms with E-state index in [9.17, 15) is 9.18 Å². The summed E-state index contributed by atoms with van der Waals surface area (Å²) in [6.45, 7) is 3.70. The van der Waals surface area contributed by atoms with Gasteiger partial charge in [-0.05, 0) is 43.7 Å². The van der Waals surface area contributed by atoms with Crippen LogP contribution >= 0.6 is 0 Å². The molecule has 0 heterocycles. The fourth-order valence-electron chi connectivity index (χ4n) is 2.12. The SMILES string of the molecule is COc1ccccc1NC(=O)NC(C)(C)c1ccc(F)cc1. The maximum absolute atomic E-state index is 13.0. The van der Waals surface area contributed by atoms with Crippen molar-refractivity contribution in [2.24, 2.45) is 0 Å². The number of anilines is 1. The van der Waals surface area contributed by atoms with Crippen LogP contribution < -0.4 is 15.4 Å². The van der Waals surface area contributed by atoms with Crippen LogP contribution in [0.4, 0.5) is 14.9 Å². The maximum Gasteiger partial charge on any atom is 0.320 e. The highest BCUT2D eigenvalue weighted by atomic mass is 19.1. The molecule has 0 bridgehead atoms. The lowest BCUT2D eigenvalue weighted by Crippen LogP contribution is -2.43. The molecule has 22 heavy (non-hydrogen) atoms. The fraction of sp³-hybridized carbons (Fsp3) is 0.235. The molecule has 2 rings (SSSR count). The molecule has 2 N–H and O–H groups in total. The first-order valence-corrected chi connectivity index (χ1v) is 6.90. The Morgan fingerprint density at radius 1 is 1.09 bits per heavy atom. The number of para-hydroxylation sites is 2. The second kappa shape index (κ2) is 6.47. The Balaban J connectivity index is 2.09. The molecule has 4 nitrogen and oxygen atoms in total. The highest BCUT2D eigenvalue weighted by molar-refractivity contribution is 5.91. The molecule has 0 aliphatic rings. The van der Waals surface area contributed by atoms with Gasteiger partial charge in [0.2, 0.25) is 0 Å². The van der Waals surface area contributed by atoms with Crippen molar-refractivity contribution >= 4 is 11.7 Å². The van der Waals surface area contributed by atoms with Gasteiger partial charge in [-0.15, -0.1) is 0 Å². The van der Waals surface area contributed by atoms with Gasteiger partial charge in [-0.2, -0.15) is 0 Å². The first-order chi connectivity index (χ1) is 10.4. The van der Waals surface area contributed by atoms with Gasteiger partial charge in [0, 0.05) is 0 Å². The molecule has 116 valence electrons. The summed E-state index contributed by atoms with van der Waals surface area (Å²) in [6.07, 6.45) is 0. The van der Waals surface area contributed by atoms with Crippen molar-refractivity contribution in [1.82, 2.24) is 5.32 Å². The van der Waals surface area contributed by atoms with E-state index in [0.717, 1.165) is 5.56 Å². The second-order valence-corrected chi connectivity index (χ2v) is 5.41. The lowest BCUT2D eigenvalue weighted by Gasteiger charge is -2.27. The van der Waals surface area contributed by atoms with E-state index in [2.05, 4.69) is 10.6 Å². The predicted molar refractivity (Wildman–Crippen MR) is 84.6 cm³/mol. The largest absolute Gasteiger partial charge is 0.495 e. The van der Waals surface area contributed by atoms with Crippen LogP contribution in [-0.4, -0.2) is 13.1 Å². The number of ether oxygens (including phenoxy) is 1. The minimum Gasteiger partial charge on any atom is -0.495 e. The Morgan fingerprint density at radius 2 is 1.73 bits per heavy atom. The van der Waals surface area contributed by atoms with E-state index in [-0.39, 0.29) is 11.8 Å². The third kappa shape index (κ3) is 3.75. The number of hydrogen-bond acceptors (Lipinski definition) is 2. The van der Waals surface area contributed by atoms with Crippen LogP contribution in [0.25, 0.3) is 0 Å². The third-order valence-electron chi connectivity index (χ3n) is 3.35. The van der Waals surface area contributed by atoms with Crippen LogP contribution in [-0.2, 0) is 5.54 Å². The number of carbonyl (C=O) groups is 1. The first-order valence-electron chi connectivity index (χ1n) is 6.90. The molecule has 0 aliphatic carbocycles. The van der Waals surface area contributed by atoms with Crippen LogP contribution in [0.5, 0.6) is 5.75 Å². The van der Waals surface area contributed by atoms with Gasteiger partial charge in [-0.3, -0.25) is 0 Å². The standard InChI is InChI=1S/C17H19FN2O2/c1-17(2,12-8-10-13(18)11-9-12)20-16(21)19-14-6-4-5-7-15(14)22-3/h4-11H,1-3H3,(H2,19,20,21). The van der Waals surface area contributed by atoms with Crippen LogP contribution in [0, 0.1) is 5.82 Å². The molecule has 0 saturated carbocycles. The number of amides is 2. The topological polar surface area (TPSA) is 50.4 Å². The Kier molecular flexibility index (Phi) is 4.65. The van der Waals surface area contributed by atoms with Gasteiger partial charge in [0.25, 0.3) is 0 Å². The molecule has 0 atom stereocenters. The van der Waals surface area contributed by atoms with E-state index in [4.69, 9.17) is 4.74 Å². The zero-order valence-electron chi connectivity index (χ0n) is 12.8. The van der Waals surface area contributed by atoms with E-state index in [1.54, 1.807) is 31.4 Å². The van der Waals surface area contributed by atoms with Gasteiger partial charge in [-0.25, -0.2) is 9.18 Å². The van der Waals surface area contributed by atoms with E-state index in [1.807, 2.05) is 26.0 Å². The maximum atomic E-state index is 13.0. The Bertz CT molecular complexity index is 654. The van der Waals surface area contributed by atoms with Crippen LogP contribution in [0.3, 0.4) is 0 Å². The normalized spacial score (nSPS) is 10.9. The molecular formula is C17H19FN2O2. The summed E-state index contributed by atoms with van der Waals surface area (Å²) in [5, 5.41) is 5.61. The first kappa shape index (κ1) is 15.8. The summed E-state index contributed by atoms with van der Waals surface area (Å²) in [6, 6.07) is 12.8. The Labute approximate surface area is 129 Å². The van der Waals surface area contributed by atoms with Crippen molar-refractivity contribution in [3.8, 4) is 5.75 Å². The van der Waals surface area contributed by atoms with Gasteiger partial charge < -0.3 is 15.4 Å². The molecule has 0 unspecified atom stereocenters. The minimum absolute atomic E-state index is 0.307. The zero-order valence-corrected chi connectivity index (χ0v) is 12.8. The minimum atomic E-state index is -0.639. The monoisotopic (exact) mass is 302 g/mol. The molecule has 2 aromatic rings. The summed E-state index contributed by atoms with van der Waals surface area (Å²) < 4.78 is 18.2. The molecular weight excluding hydrogens is 283 g/mol. The number of rotatable bonds is 4. The van der Waals surface area contributed by atoms with Gasteiger partial charge >= 0.3 is 6.03 Å². The van der Waals surface area contributed by atoms with E-state index < -0.39 is 5.54 Å². The smallest absolute Gasteiger partial charge is 0.320 e.